The highest BCUT2D eigenvalue weighted by molar-refractivity contribution is 5.10. The van der Waals surface area contributed by atoms with Gasteiger partial charge in [0.15, 0.2) is 0 Å². The molecule has 1 saturated heterocycles. The summed E-state index contributed by atoms with van der Waals surface area (Å²) in [4.78, 5) is 14.9. The van der Waals surface area contributed by atoms with Gasteiger partial charge in [0, 0.05) is 24.1 Å². The standard InChI is InChI=1S/C20H33N3O/c1-20(2,3)18-11-12-19(24)23(21-18)15-17-10-7-13-22(17)14-16-8-5-4-6-9-16/h11-12,16-17H,4-10,13-15H2,1-3H3. The summed E-state index contributed by atoms with van der Waals surface area (Å²) in [5.74, 6) is 0.866. The van der Waals surface area contributed by atoms with Crippen LogP contribution in [-0.2, 0) is 12.0 Å². The first kappa shape index (κ1) is 17.7. The van der Waals surface area contributed by atoms with Crippen LogP contribution >= 0.6 is 0 Å². The summed E-state index contributed by atoms with van der Waals surface area (Å²) in [5.41, 5.74) is 1.01. The lowest BCUT2D eigenvalue weighted by Gasteiger charge is -2.31. The van der Waals surface area contributed by atoms with Gasteiger partial charge in [-0.05, 0) is 44.2 Å². The number of nitrogens with zero attached hydrogens (tertiary/aromatic N) is 3. The van der Waals surface area contributed by atoms with E-state index in [2.05, 4.69) is 30.8 Å². The molecule has 24 heavy (non-hydrogen) atoms. The Bertz CT molecular complexity index is 596. The number of aromatic nitrogens is 2. The molecule has 0 aromatic carbocycles. The Hall–Kier alpha value is -1.16. The second kappa shape index (κ2) is 7.38. The molecule has 1 aliphatic carbocycles. The van der Waals surface area contributed by atoms with Gasteiger partial charge in [-0.3, -0.25) is 9.69 Å². The van der Waals surface area contributed by atoms with Gasteiger partial charge in [-0.15, -0.1) is 0 Å². The van der Waals surface area contributed by atoms with E-state index in [0.29, 0.717) is 6.04 Å². The molecule has 3 rings (SSSR count). The minimum Gasteiger partial charge on any atom is -0.298 e. The van der Waals surface area contributed by atoms with Crippen molar-refractivity contribution in [1.29, 1.82) is 0 Å². The van der Waals surface area contributed by atoms with Crippen molar-refractivity contribution < 1.29 is 0 Å². The molecule has 2 heterocycles. The topological polar surface area (TPSA) is 38.1 Å². The van der Waals surface area contributed by atoms with Gasteiger partial charge in [0.1, 0.15) is 0 Å². The van der Waals surface area contributed by atoms with Crippen LogP contribution in [0.3, 0.4) is 0 Å². The molecule has 1 aromatic heterocycles. The first-order valence-corrected chi connectivity index (χ1v) is 9.76. The Morgan fingerprint density at radius 3 is 2.50 bits per heavy atom. The fraction of sp³-hybridized carbons (Fsp3) is 0.800. The quantitative estimate of drug-likeness (QED) is 0.846. The summed E-state index contributed by atoms with van der Waals surface area (Å²) in [6.45, 7) is 9.60. The smallest absolute Gasteiger partial charge is 0.266 e. The first-order valence-electron chi connectivity index (χ1n) is 9.76. The second-order valence-corrected chi connectivity index (χ2v) is 8.78. The molecule has 0 radical (unpaired) electrons. The molecule has 2 fully saturated rings. The summed E-state index contributed by atoms with van der Waals surface area (Å²) < 4.78 is 1.71. The maximum atomic E-state index is 12.3. The minimum absolute atomic E-state index is 0.0209. The average Bonchev–Trinajstić information content (AvgIpc) is 2.96. The highest BCUT2D eigenvalue weighted by atomic mass is 16.1. The Labute approximate surface area is 146 Å². The normalized spacial score (nSPS) is 23.7. The summed E-state index contributed by atoms with van der Waals surface area (Å²) in [7, 11) is 0. The van der Waals surface area contributed by atoms with Crippen molar-refractivity contribution in [1.82, 2.24) is 14.7 Å². The van der Waals surface area contributed by atoms with E-state index in [0.717, 1.165) is 18.2 Å². The molecule has 0 spiro atoms. The largest absolute Gasteiger partial charge is 0.298 e. The molecular weight excluding hydrogens is 298 g/mol. The van der Waals surface area contributed by atoms with Crippen molar-refractivity contribution in [3.63, 3.8) is 0 Å². The van der Waals surface area contributed by atoms with Gasteiger partial charge in [0.2, 0.25) is 0 Å². The van der Waals surface area contributed by atoms with Gasteiger partial charge in [-0.1, -0.05) is 40.0 Å². The van der Waals surface area contributed by atoms with Crippen LogP contribution in [-0.4, -0.2) is 33.8 Å². The molecule has 0 N–H and O–H groups in total. The van der Waals surface area contributed by atoms with Crippen molar-refractivity contribution >= 4 is 0 Å². The van der Waals surface area contributed by atoms with Gasteiger partial charge >= 0.3 is 0 Å². The molecule has 0 bridgehead atoms. The van der Waals surface area contributed by atoms with E-state index in [9.17, 15) is 4.79 Å². The Morgan fingerprint density at radius 1 is 1.04 bits per heavy atom. The maximum Gasteiger partial charge on any atom is 0.266 e. The molecule has 0 amide bonds. The van der Waals surface area contributed by atoms with Gasteiger partial charge in [-0.25, -0.2) is 4.68 Å². The average molecular weight is 332 g/mol. The van der Waals surface area contributed by atoms with Gasteiger partial charge in [-0.2, -0.15) is 5.10 Å². The van der Waals surface area contributed by atoms with E-state index in [4.69, 9.17) is 0 Å². The molecule has 1 saturated carbocycles. The molecule has 1 atom stereocenters. The van der Waals surface area contributed by atoms with E-state index in [1.807, 2.05) is 6.07 Å². The SMILES string of the molecule is CC(C)(C)c1ccc(=O)n(CC2CCCN2CC2CCCCC2)n1. The molecule has 134 valence electrons. The van der Waals surface area contributed by atoms with Crippen molar-refractivity contribution in [2.75, 3.05) is 13.1 Å². The Morgan fingerprint density at radius 2 is 1.79 bits per heavy atom. The molecule has 1 aromatic rings. The third-order valence-electron chi connectivity index (χ3n) is 5.74. The minimum atomic E-state index is -0.0209. The number of likely N-dealkylation sites (tertiary alicyclic amines) is 1. The predicted octanol–water partition coefficient (Wildman–Crippen LogP) is 3.59. The number of hydrogen-bond acceptors (Lipinski definition) is 3. The molecule has 2 aliphatic rings. The van der Waals surface area contributed by atoms with E-state index in [1.165, 1.54) is 58.0 Å². The van der Waals surface area contributed by atoms with Crippen molar-refractivity contribution in [2.45, 2.75) is 83.7 Å². The van der Waals surface area contributed by atoms with Crippen molar-refractivity contribution in [3.8, 4) is 0 Å². The van der Waals surface area contributed by atoms with Crippen LogP contribution < -0.4 is 5.56 Å². The Balaban J connectivity index is 1.69. The predicted molar refractivity (Wildman–Crippen MR) is 98.4 cm³/mol. The number of hydrogen-bond donors (Lipinski definition) is 0. The Kier molecular flexibility index (Phi) is 5.43. The van der Waals surface area contributed by atoms with Crippen molar-refractivity contribution in [3.05, 3.63) is 28.2 Å². The van der Waals surface area contributed by atoms with Crippen LogP contribution in [0.2, 0.25) is 0 Å². The lowest BCUT2D eigenvalue weighted by Crippen LogP contribution is -2.40. The highest BCUT2D eigenvalue weighted by Gasteiger charge is 2.28. The van der Waals surface area contributed by atoms with E-state index >= 15 is 0 Å². The monoisotopic (exact) mass is 331 g/mol. The zero-order chi connectivity index (χ0) is 17.2. The first-order chi connectivity index (χ1) is 11.4. The fourth-order valence-electron chi connectivity index (χ4n) is 4.22. The summed E-state index contributed by atoms with van der Waals surface area (Å²) in [6.07, 6.45) is 9.45. The van der Waals surface area contributed by atoms with Gasteiger partial charge < -0.3 is 0 Å². The summed E-state index contributed by atoms with van der Waals surface area (Å²) in [6, 6.07) is 4.05. The van der Waals surface area contributed by atoms with Gasteiger partial charge in [0.05, 0.1) is 12.2 Å². The molecule has 1 aliphatic heterocycles. The van der Waals surface area contributed by atoms with Crippen molar-refractivity contribution in [2.24, 2.45) is 5.92 Å². The van der Waals surface area contributed by atoms with E-state index in [1.54, 1.807) is 10.7 Å². The van der Waals surface area contributed by atoms with Crippen LogP contribution in [0.25, 0.3) is 0 Å². The summed E-state index contributed by atoms with van der Waals surface area (Å²) in [5, 5.41) is 4.67. The molecular formula is C20H33N3O. The zero-order valence-corrected chi connectivity index (χ0v) is 15.6. The fourth-order valence-corrected chi connectivity index (χ4v) is 4.22. The van der Waals surface area contributed by atoms with Gasteiger partial charge in [0.25, 0.3) is 5.56 Å². The van der Waals surface area contributed by atoms with Crippen LogP contribution in [0.1, 0.15) is 71.4 Å². The second-order valence-electron chi connectivity index (χ2n) is 8.78. The highest BCUT2D eigenvalue weighted by Crippen LogP contribution is 2.28. The molecule has 1 unspecified atom stereocenters. The molecule has 4 nitrogen and oxygen atoms in total. The third-order valence-corrected chi connectivity index (χ3v) is 5.74. The lowest BCUT2D eigenvalue weighted by molar-refractivity contribution is 0.171. The van der Waals surface area contributed by atoms with E-state index in [-0.39, 0.29) is 11.0 Å². The number of rotatable bonds is 4. The van der Waals surface area contributed by atoms with Crippen LogP contribution in [0, 0.1) is 5.92 Å². The van der Waals surface area contributed by atoms with Crippen LogP contribution in [0.15, 0.2) is 16.9 Å². The third kappa shape index (κ3) is 4.27. The van der Waals surface area contributed by atoms with Crippen LogP contribution in [0.5, 0.6) is 0 Å². The van der Waals surface area contributed by atoms with Crippen LogP contribution in [0.4, 0.5) is 0 Å². The lowest BCUT2D eigenvalue weighted by atomic mass is 9.89. The molecule has 4 heteroatoms. The zero-order valence-electron chi connectivity index (χ0n) is 15.6. The maximum absolute atomic E-state index is 12.3. The summed E-state index contributed by atoms with van der Waals surface area (Å²) >= 11 is 0. The van der Waals surface area contributed by atoms with E-state index < -0.39 is 0 Å².